The second kappa shape index (κ2) is 5.97. The number of oxime groups is 1. The number of nitrogens with zero attached hydrogens (tertiary/aromatic N) is 1. The Kier molecular flexibility index (Phi) is 4.28. The number of hydrogen-bond acceptors (Lipinski definition) is 3. The van der Waals surface area contributed by atoms with Crippen LogP contribution in [-0.2, 0) is 0 Å². The summed E-state index contributed by atoms with van der Waals surface area (Å²) in [6, 6.07) is 6.66. The molecule has 0 amide bonds. The third-order valence-electron chi connectivity index (χ3n) is 2.70. The summed E-state index contributed by atoms with van der Waals surface area (Å²) in [6.45, 7) is 1.79. The zero-order valence-corrected chi connectivity index (χ0v) is 11.7. The second-order valence-electron chi connectivity index (χ2n) is 4.29. The Bertz CT molecular complexity index is 697. The molecule has 7 heteroatoms. The lowest BCUT2D eigenvalue weighted by molar-refractivity contribution is 0.318. The van der Waals surface area contributed by atoms with E-state index in [2.05, 4.69) is 5.16 Å². The number of aryl methyl sites for hydroxylation is 1. The number of benzene rings is 2. The SMILES string of the molecule is Cc1ccc(Cl)c(Oc2c(F)cc(/C(N)=N/O)cc2F)c1. The normalized spacial score (nSPS) is 11.5. The fourth-order valence-electron chi connectivity index (χ4n) is 1.66. The molecule has 21 heavy (non-hydrogen) atoms. The van der Waals surface area contributed by atoms with Gasteiger partial charge in [-0.1, -0.05) is 22.8 Å². The summed E-state index contributed by atoms with van der Waals surface area (Å²) in [5.74, 6) is -2.88. The smallest absolute Gasteiger partial charge is 0.198 e. The van der Waals surface area contributed by atoms with Gasteiger partial charge in [0.15, 0.2) is 23.2 Å². The van der Waals surface area contributed by atoms with Gasteiger partial charge in [0.1, 0.15) is 5.75 Å². The summed E-state index contributed by atoms with van der Waals surface area (Å²) >= 11 is 5.91. The monoisotopic (exact) mass is 312 g/mol. The van der Waals surface area contributed by atoms with Crippen LogP contribution >= 0.6 is 11.6 Å². The van der Waals surface area contributed by atoms with E-state index in [-0.39, 0.29) is 16.3 Å². The molecule has 0 fully saturated rings. The maximum Gasteiger partial charge on any atom is 0.198 e. The molecule has 0 aliphatic carbocycles. The molecule has 0 atom stereocenters. The number of hydrogen-bond donors (Lipinski definition) is 2. The van der Waals surface area contributed by atoms with Gasteiger partial charge >= 0.3 is 0 Å². The average molecular weight is 313 g/mol. The topological polar surface area (TPSA) is 67.8 Å². The van der Waals surface area contributed by atoms with Crippen molar-refractivity contribution in [2.45, 2.75) is 6.92 Å². The summed E-state index contributed by atoms with van der Waals surface area (Å²) in [4.78, 5) is 0. The minimum atomic E-state index is -0.992. The van der Waals surface area contributed by atoms with Crippen LogP contribution in [0.2, 0.25) is 5.02 Å². The van der Waals surface area contributed by atoms with Crippen molar-refractivity contribution in [1.82, 2.24) is 0 Å². The summed E-state index contributed by atoms with van der Waals surface area (Å²) < 4.78 is 33.0. The first kappa shape index (κ1) is 15.1. The Labute approximate surface area is 124 Å². The third kappa shape index (κ3) is 3.22. The van der Waals surface area contributed by atoms with Crippen molar-refractivity contribution >= 4 is 17.4 Å². The van der Waals surface area contributed by atoms with Gasteiger partial charge in [0.25, 0.3) is 0 Å². The minimum absolute atomic E-state index is 0.102. The molecule has 110 valence electrons. The van der Waals surface area contributed by atoms with Gasteiger partial charge in [0, 0.05) is 5.56 Å². The molecule has 3 N–H and O–H groups in total. The molecule has 4 nitrogen and oxygen atoms in total. The first-order valence-electron chi connectivity index (χ1n) is 5.83. The fraction of sp³-hybridized carbons (Fsp3) is 0.0714. The van der Waals surface area contributed by atoms with Crippen LogP contribution in [0, 0.1) is 18.6 Å². The Morgan fingerprint density at radius 1 is 1.24 bits per heavy atom. The van der Waals surface area contributed by atoms with Gasteiger partial charge in [-0.05, 0) is 36.8 Å². The van der Waals surface area contributed by atoms with E-state index in [4.69, 9.17) is 27.3 Å². The van der Waals surface area contributed by atoms with Crippen molar-refractivity contribution in [3.63, 3.8) is 0 Å². The van der Waals surface area contributed by atoms with E-state index in [1.165, 1.54) is 0 Å². The van der Waals surface area contributed by atoms with E-state index in [1.807, 2.05) is 0 Å². The Morgan fingerprint density at radius 3 is 2.43 bits per heavy atom. The predicted molar refractivity (Wildman–Crippen MR) is 75.1 cm³/mol. The standard InChI is InChI=1S/C14H11ClF2N2O2/c1-7-2-3-9(15)12(4-7)21-13-10(16)5-8(6-11(13)17)14(18)19-20/h2-6,20H,1H3,(H2,18,19). The van der Waals surface area contributed by atoms with Gasteiger partial charge in [-0.25, -0.2) is 8.78 Å². The van der Waals surface area contributed by atoms with E-state index < -0.39 is 23.2 Å². The fourth-order valence-corrected chi connectivity index (χ4v) is 1.82. The molecular formula is C14H11ClF2N2O2. The highest BCUT2D eigenvalue weighted by molar-refractivity contribution is 6.32. The highest BCUT2D eigenvalue weighted by Gasteiger charge is 2.16. The van der Waals surface area contributed by atoms with E-state index in [0.717, 1.165) is 17.7 Å². The van der Waals surface area contributed by atoms with Crippen LogP contribution in [-0.4, -0.2) is 11.0 Å². The number of nitrogens with two attached hydrogens (primary N) is 1. The summed E-state index contributed by atoms with van der Waals surface area (Å²) in [7, 11) is 0. The Hall–Kier alpha value is -2.34. The van der Waals surface area contributed by atoms with Gasteiger partial charge in [0.2, 0.25) is 0 Å². The van der Waals surface area contributed by atoms with Crippen LogP contribution in [0.5, 0.6) is 11.5 Å². The maximum atomic E-state index is 13.9. The molecule has 0 saturated carbocycles. The summed E-state index contributed by atoms with van der Waals surface area (Å²) in [5.41, 5.74) is 6.00. The predicted octanol–water partition coefficient (Wildman–Crippen LogP) is 3.81. The van der Waals surface area contributed by atoms with E-state index in [1.54, 1.807) is 25.1 Å². The molecule has 2 rings (SSSR count). The van der Waals surface area contributed by atoms with Gasteiger partial charge in [-0.3, -0.25) is 0 Å². The number of ether oxygens (including phenoxy) is 1. The van der Waals surface area contributed by atoms with E-state index >= 15 is 0 Å². The molecule has 0 heterocycles. The Morgan fingerprint density at radius 2 is 1.86 bits per heavy atom. The molecule has 0 saturated heterocycles. The molecule has 0 radical (unpaired) electrons. The Balaban J connectivity index is 2.43. The number of amidine groups is 1. The van der Waals surface area contributed by atoms with Crippen molar-refractivity contribution in [3.05, 3.63) is 58.1 Å². The lowest BCUT2D eigenvalue weighted by atomic mass is 10.2. The largest absolute Gasteiger partial charge is 0.450 e. The molecule has 2 aromatic carbocycles. The van der Waals surface area contributed by atoms with Crippen LogP contribution < -0.4 is 10.5 Å². The lowest BCUT2D eigenvalue weighted by Gasteiger charge is -2.11. The minimum Gasteiger partial charge on any atom is -0.450 e. The molecule has 2 aromatic rings. The van der Waals surface area contributed by atoms with Crippen molar-refractivity contribution < 1.29 is 18.7 Å². The van der Waals surface area contributed by atoms with Crippen molar-refractivity contribution in [3.8, 4) is 11.5 Å². The average Bonchev–Trinajstić information content (AvgIpc) is 2.45. The van der Waals surface area contributed by atoms with Gasteiger partial charge in [0.05, 0.1) is 5.02 Å². The van der Waals surface area contributed by atoms with Crippen LogP contribution in [0.4, 0.5) is 8.78 Å². The zero-order chi connectivity index (χ0) is 15.6. The second-order valence-corrected chi connectivity index (χ2v) is 4.70. The molecule has 0 aliphatic heterocycles. The maximum absolute atomic E-state index is 13.9. The van der Waals surface area contributed by atoms with E-state index in [0.29, 0.717) is 0 Å². The molecule has 0 aliphatic rings. The van der Waals surface area contributed by atoms with Crippen molar-refractivity contribution in [1.29, 1.82) is 0 Å². The number of rotatable bonds is 3. The van der Waals surface area contributed by atoms with Crippen LogP contribution in [0.1, 0.15) is 11.1 Å². The molecule has 0 bridgehead atoms. The van der Waals surface area contributed by atoms with Crippen molar-refractivity contribution in [2.24, 2.45) is 10.9 Å². The van der Waals surface area contributed by atoms with E-state index in [9.17, 15) is 8.78 Å². The zero-order valence-electron chi connectivity index (χ0n) is 10.9. The molecule has 0 unspecified atom stereocenters. The summed E-state index contributed by atoms with van der Waals surface area (Å²) in [5, 5.41) is 11.4. The van der Waals surface area contributed by atoms with Gasteiger partial charge in [-0.2, -0.15) is 0 Å². The van der Waals surface area contributed by atoms with Gasteiger partial charge in [-0.15, -0.1) is 0 Å². The quantitative estimate of drug-likeness (QED) is 0.392. The highest BCUT2D eigenvalue weighted by atomic mass is 35.5. The number of halogens is 3. The molecule has 0 aromatic heterocycles. The van der Waals surface area contributed by atoms with Crippen LogP contribution in [0.3, 0.4) is 0 Å². The highest BCUT2D eigenvalue weighted by Crippen LogP contribution is 2.33. The lowest BCUT2D eigenvalue weighted by Crippen LogP contribution is -2.14. The van der Waals surface area contributed by atoms with Gasteiger partial charge < -0.3 is 15.7 Å². The molecule has 0 spiro atoms. The van der Waals surface area contributed by atoms with Crippen molar-refractivity contribution in [2.75, 3.05) is 0 Å². The first-order chi connectivity index (χ1) is 9.92. The van der Waals surface area contributed by atoms with Crippen LogP contribution in [0.15, 0.2) is 35.5 Å². The third-order valence-corrected chi connectivity index (χ3v) is 3.01. The summed E-state index contributed by atoms with van der Waals surface area (Å²) in [6.07, 6.45) is 0. The first-order valence-corrected chi connectivity index (χ1v) is 6.21. The molecular weight excluding hydrogens is 302 g/mol. The van der Waals surface area contributed by atoms with Crippen LogP contribution in [0.25, 0.3) is 0 Å².